The Kier molecular flexibility index (Phi) is 5.08. The summed E-state index contributed by atoms with van der Waals surface area (Å²) >= 11 is 6.34. The summed E-state index contributed by atoms with van der Waals surface area (Å²) in [6.07, 6.45) is 1.99. The van der Waals surface area contributed by atoms with E-state index in [4.69, 9.17) is 21.3 Å². The summed E-state index contributed by atoms with van der Waals surface area (Å²) in [6, 6.07) is 20.0. The van der Waals surface area contributed by atoms with Crippen molar-refractivity contribution in [1.82, 2.24) is 14.5 Å². The van der Waals surface area contributed by atoms with Gasteiger partial charge in [0.05, 0.1) is 18.7 Å². The number of pyridine rings is 1. The number of aryl methyl sites for hydroxylation is 1. The number of esters is 1. The number of benzene rings is 2. The van der Waals surface area contributed by atoms with Crippen LogP contribution in [0, 0.1) is 0 Å². The Morgan fingerprint density at radius 2 is 1.94 bits per heavy atom. The van der Waals surface area contributed by atoms with E-state index in [9.17, 15) is 4.79 Å². The van der Waals surface area contributed by atoms with Crippen LogP contribution in [0.5, 0.6) is 0 Å². The van der Waals surface area contributed by atoms with Crippen molar-refractivity contribution in [1.29, 1.82) is 0 Å². The lowest BCUT2D eigenvalue weighted by atomic mass is 10.1. The Morgan fingerprint density at radius 3 is 2.77 bits per heavy atom. The van der Waals surface area contributed by atoms with E-state index < -0.39 is 5.97 Å². The molecule has 0 fully saturated rings. The zero-order valence-corrected chi connectivity index (χ0v) is 17.8. The Balaban J connectivity index is 1.60. The molecular formula is C24H21ClN4O2. The quantitative estimate of drug-likeness (QED) is 0.448. The zero-order valence-electron chi connectivity index (χ0n) is 17.0. The minimum absolute atomic E-state index is 0.140. The highest BCUT2D eigenvalue weighted by Crippen LogP contribution is 2.38. The predicted octanol–water partition coefficient (Wildman–Crippen LogP) is 5.02. The van der Waals surface area contributed by atoms with Crippen molar-refractivity contribution in [3.8, 4) is 0 Å². The van der Waals surface area contributed by atoms with E-state index in [1.807, 2.05) is 30.3 Å². The van der Waals surface area contributed by atoms with Gasteiger partial charge in [-0.05, 0) is 47.7 Å². The highest BCUT2D eigenvalue weighted by Gasteiger charge is 2.28. The van der Waals surface area contributed by atoms with Gasteiger partial charge in [0, 0.05) is 11.6 Å². The van der Waals surface area contributed by atoms with Crippen molar-refractivity contribution in [2.75, 3.05) is 12.4 Å². The van der Waals surface area contributed by atoms with Crippen molar-refractivity contribution >= 4 is 34.7 Å². The SMILES string of the molecule is COC(=O)c1ccc2c(n1)nc(NCc1ccccc1Cl)n2[C@@H]1CCc2ccccc21. The molecule has 7 heteroatoms. The van der Waals surface area contributed by atoms with Crippen LogP contribution in [0.3, 0.4) is 0 Å². The number of ether oxygens (including phenoxy) is 1. The molecule has 5 rings (SSSR count). The maximum absolute atomic E-state index is 12.0. The van der Waals surface area contributed by atoms with Crippen LogP contribution in [0.4, 0.5) is 5.95 Å². The molecule has 0 unspecified atom stereocenters. The standard InChI is InChI=1S/C24H21ClN4O2/c1-31-23(30)19-11-13-21-22(27-19)28-24(26-14-16-7-3-5-9-18(16)25)29(21)20-12-10-15-6-2-4-8-17(15)20/h2-9,11,13,20H,10,12,14H2,1H3,(H,26,27,28)/t20-/m1/s1. The van der Waals surface area contributed by atoms with Crippen LogP contribution in [0.2, 0.25) is 5.02 Å². The number of methoxy groups -OCH3 is 1. The molecule has 1 aliphatic carbocycles. The van der Waals surface area contributed by atoms with Gasteiger partial charge in [0.2, 0.25) is 5.95 Å². The summed E-state index contributed by atoms with van der Waals surface area (Å²) < 4.78 is 7.01. The third kappa shape index (κ3) is 3.53. The fraction of sp³-hybridized carbons (Fsp3) is 0.208. The van der Waals surface area contributed by atoms with Crippen LogP contribution in [-0.2, 0) is 17.7 Å². The van der Waals surface area contributed by atoms with E-state index in [1.165, 1.54) is 18.2 Å². The number of hydrogen-bond donors (Lipinski definition) is 1. The van der Waals surface area contributed by atoms with Crippen molar-refractivity contribution in [2.24, 2.45) is 0 Å². The first-order valence-corrected chi connectivity index (χ1v) is 10.6. The summed E-state index contributed by atoms with van der Waals surface area (Å²) in [5, 5.41) is 4.15. The van der Waals surface area contributed by atoms with Crippen molar-refractivity contribution in [3.05, 3.63) is 88.1 Å². The van der Waals surface area contributed by atoms with Gasteiger partial charge in [-0.3, -0.25) is 0 Å². The van der Waals surface area contributed by atoms with E-state index in [-0.39, 0.29) is 11.7 Å². The number of carbonyl (C=O) groups excluding carboxylic acids is 1. The summed E-state index contributed by atoms with van der Waals surface area (Å²) in [5.41, 5.74) is 5.25. The lowest BCUT2D eigenvalue weighted by Crippen LogP contribution is -2.13. The fourth-order valence-electron chi connectivity index (χ4n) is 4.26. The molecule has 0 saturated carbocycles. The maximum Gasteiger partial charge on any atom is 0.356 e. The second-order valence-corrected chi connectivity index (χ2v) is 7.94. The van der Waals surface area contributed by atoms with Crippen LogP contribution in [0.1, 0.15) is 39.6 Å². The van der Waals surface area contributed by atoms with E-state index in [1.54, 1.807) is 6.07 Å². The molecule has 1 aliphatic rings. The first kappa shape index (κ1) is 19.6. The number of rotatable bonds is 5. The average Bonchev–Trinajstić information content (AvgIpc) is 3.38. The Morgan fingerprint density at radius 1 is 1.13 bits per heavy atom. The molecule has 1 N–H and O–H groups in total. The summed E-state index contributed by atoms with van der Waals surface area (Å²) in [5.74, 6) is 0.222. The summed E-state index contributed by atoms with van der Waals surface area (Å²) in [4.78, 5) is 21.2. The van der Waals surface area contributed by atoms with Gasteiger partial charge in [0.1, 0.15) is 0 Å². The molecule has 0 bridgehead atoms. The Hall–Kier alpha value is -3.38. The number of nitrogens with zero attached hydrogens (tertiary/aromatic N) is 3. The van der Waals surface area contributed by atoms with Gasteiger partial charge in [-0.1, -0.05) is 54.1 Å². The maximum atomic E-state index is 12.0. The Labute approximate surface area is 184 Å². The van der Waals surface area contributed by atoms with Gasteiger partial charge < -0.3 is 14.6 Å². The molecule has 2 aromatic heterocycles. The number of nitrogens with one attached hydrogen (secondary N) is 1. The molecule has 0 amide bonds. The molecule has 4 aromatic rings. The molecule has 6 nitrogen and oxygen atoms in total. The van der Waals surface area contributed by atoms with Crippen molar-refractivity contribution in [2.45, 2.75) is 25.4 Å². The third-order valence-electron chi connectivity index (χ3n) is 5.76. The van der Waals surface area contributed by atoms with Crippen LogP contribution >= 0.6 is 11.6 Å². The highest BCUT2D eigenvalue weighted by atomic mass is 35.5. The number of aromatic nitrogens is 3. The molecule has 2 aromatic carbocycles. The third-order valence-corrected chi connectivity index (χ3v) is 6.12. The summed E-state index contributed by atoms with van der Waals surface area (Å²) in [6.45, 7) is 0.529. The largest absolute Gasteiger partial charge is 0.464 e. The topological polar surface area (TPSA) is 69.0 Å². The molecule has 0 spiro atoms. The molecule has 2 heterocycles. The van der Waals surface area contributed by atoms with Crippen LogP contribution < -0.4 is 5.32 Å². The zero-order chi connectivity index (χ0) is 21.4. The van der Waals surface area contributed by atoms with Gasteiger partial charge in [0.25, 0.3) is 0 Å². The van der Waals surface area contributed by atoms with Crippen molar-refractivity contribution in [3.63, 3.8) is 0 Å². The number of imidazole rings is 1. The van der Waals surface area contributed by atoms with Gasteiger partial charge in [-0.15, -0.1) is 0 Å². The molecule has 1 atom stereocenters. The smallest absolute Gasteiger partial charge is 0.356 e. The Bertz CT molecular complexity index is 1280. The van der Waals surface area contributed by atoms with Gasteiger partial charge in [-0.25, -0.2) is 9.78 Å². The minimum Gasteiger partial charge on any atom is -0.464 e. The predicted molar refractivity (Wildman–Crippen MR) is 121 cm³/mol. The number of carbonyl (C=O) groups is 1. The molecule has 0 saturated heterocycles. The van der Waals surface area contributed by atoms with Gasteiger partial charge in [-0.2, -0.15) is 4.98 Å². The number of fused-ring (bicyclic) bond motifs is 2. The average molecular weight is 433 g/mol. The van der Waals surface area contributed by atoms with E-state index in [0.29, 0.717) is 23.2 Å². The first-order chi connectivity index (χ1) is 15.2. The first-order valence-electron chi connectivity index (χ1n) is 10.2. The summed E-state index contributed by atoms with van der Waals surface area (Å²) in [7, 11) is 1.35. The van der Waals surface area contributed by atoms with E-state index >= 15 is 0 Å². The monoisotopic (exact) mass is 432 g/mol. The number of halogens is 1. The number of hydrogen-bond acceptors (Lipinski definition) is 5. The second kappa shape index (κ2) is 8.04. The molecule has 0 aliphatic heterocycles. The lowest BCUT2D eigenvalue weighted by Gasteiger charge is -2.19. The highest BCUT2D eigenvalue weighted by molar-refractivity contribution is 6.31. The van der Waals surface area contributed by atoms with Crippen LogP contribution in [0.15, 0.2) is 60.7 Å². The lowest BCUT2D eigenvalue weighted by molar-refractivity contribution is 0.0594. The molecule has 156 valence electrons. The number of anilines is 1. The van der Waals surface area contributed by atoms with E-state index in [2.05, 4.69) is 39.1 Å². The van der Waals surface area contributed by atoms with E-state index in [0.717, 1.165) is 23.9 Å². The van der Waals surface area contributed by atoms with Gasteiger partial charge in [0.15, 0.2) is 11.3 Å². The van der Waals surface area contributed by atoms with Crippen LogP contribution in [0.25, 0.3) is 11.2 Å². The van der Waals surface area contributed by atoms with Gasteiger partial charge >= 0.3 is 5.97 Å². The van der Waals surface area contributed by atoms with Crippen LogP contribution in [-0.4, -0.2) is 27.6 Å². The molecular weight excluding hydrogens is 412 g/mol. The minimum atomic E-state index is -0.478. The molecule has 31 heavy (non-hydrogen) atoms. The molecule has 0 radical (unpaired) electrons. The fourth-order valence-corrected chi connectivity index (χ4v) is 4.46. The second-order valence-electron chi connectivity index (χ2n) is 7.53. The van der Waals surface area contributed by atoms with Crippen molar-refractivity contribution < 1.29 is 9.53 Å². The normalized spacial score (nSPS) is 15.1.